The molecule has 0 spiro atoms. The van der Waals surface area contributed by atoms with E-state index < -0.39 is 11.2 Å². The minimum atomic E-state index is -0.486. The number of benzene rings is 2. The molecule has 0 unspecified atom stereocenters. The molecule has 0 aliphatic carbocycles. The molecule has 0 radical (unpaired) electrons. The second-order valence-electron chi connectivity index (χ2n) is 6.95. The molecule has 2 aromatic heterocycles. The molecule has 0 fully saturated rings. The van der Waals surface area contributed by atoms with E-state index in [1.807, 2.05) is 0 Å². The highest BCUT2D eigenvalue weighted by atomic mass is 35.5. The van der Waals surface area contributed by atoms with Gasteiger partial charge < -0.3 is 0 Å². The van der Waals surface area contributed by atoms with Gasteiger partial charge in [-0.2, -0.15) is 10.1 Å². The van der Waals surface area contributed by atoms with Crippen molar-refractivity contribution < 1.29 is 4.39 Å². The second kappa shape index (κ2) is 8.19. The van der Waals surface area contributed by atoms with Crippen molar-refractivity contribution in [3.05, 3.63) is 91.3 Å². The van der Waals surface area contributed by atoms with Gasteiger partial charge in [0.05, 0.1) is 12.8 Å². The van der Waals surface area contributed by atoms with Crippen LogP contribution in [0.25, 0.3) is 11.2 Å². The number of anilines is 1. The van der Waals surface area contributed by atoms with E-state index >= 15 is 0 Å². The van der Waals surface area contributed by atoms with E-state index in [0.29, 0.717) is 5.02 Å². The first kappa shape index (κ1) is 20.5. The molecular weight excluding hydrogens is 423 g/mol. The molecule has 8 nitrogen and oxygen atoms in total. The van der Waals surface area contributed by atoms with E-state index in [-0.39, 0.29) is 29.5 Å². The zero-order valence-corrected chi connectivity index (χ0v) is 17.5. The van der Waals surface area contributed by atoms with Crippen molar-refractivity contribution in [1.29, 1.82) is 0 Å². The lowest BCUT2D eigenvalue weighted by atomic mass is 10.2. The predicted molar refractivity (Wildman–Crippen MR) is 118 cm³/mol. The third-order valence-corrected chi connectivity index (χ3v) is 5.10. The summed E-state index contributed by atoms with van der Waals surface area (Å²) in [4.78, 5) is 29.6. The van der Waals surface area contributed by atoms with Crippen molar-refractivity contribution in [2.24, 2.45) is 19.2 Å². The van der Waals surface area contributed by atoms with Gasteiger partial charge in [0.2, 0.25) is 5.95 Å². The molecule has 0 atom stereocenters. The Morgan fingerprint density at radius 3 is 2.42 bits per heavy atom. The molecular formula is C21H18ClFN6O2. The Bertz CT molecular complexity index is 1400. The zero-order chi connectivity index (χ0) is 22.1. The van der Waals surface area contributed by atoms with Gasteiger partial charge in [0.25, 0.3) is 5.56 Å². The average Bonchev–Trinajstić information content (AvgIpc) is 3.12. The van der Waals surface area contributed by atoms with Crippen LogP contribution in [0.1, 0.15) is 11.1 Å². The Morgan fingerprint density at radius 2 is 1.74 bits per heavy atom. The van der Waals surface area contributed by atoms with Crippen LogP contribution in [0.15, 0.2) is 63.2 Å². The summed E-state index contributed by atoms with van der Waals surface area (Å²) in [7, 11) is 2.95. The monoisotopic (exact) mass is 440 g/mol. The van der Waals surface area contributed by atoms with Crippen LogP contribution in [0.4, 0.5) is 10.3 Å². The number of nitrogens with one attached hydrogen (secondary N) is 1. The number of imidazole rings is 1. The highest BCUT2D eigenvalue weighted by molar-refractivity contribution is 6.30. The Hall–Kier alpha value is -3.72. The number of hydrazone groups is 1. The lowest BCUT2D eigenvalue weighted by Crippen LogP contribution is -2.37. The highest BCUT2D eigenvalue weighted by Crippen LogP contribution is 2.18. The maximum absolute atomic E-state index is 13.3. The average molecular weight is 441 g/mol. The number of hydrogen-bond acceptors (Lipinski definition) is 5. The highest BCUT2D eigenvalue weighted by Gasteiger charge is 2.19. The minimum absolute atomic E-state index is 0.222. The van der Waals surface area contributed by atoms with Gasteiger partial charge in [-0.3, -0.25) is 18.5 Å². The third-order valence-electron chi connectivity index (χ3n) is 4.85. The number of aryl methyl sites for hydroxylation is 1. The van der Waals surface area contributed by atoms with Gasteiger partial charge in [0.15, 0.2) is 11.2 Å². The minimum Gasteiger partial charge on any atom is -0.298 e. The van der Waals surface area contributed by atoms with Gasteiger partial charge in [-0.1, -0.05) is 35.9 Å². The Kier molecular flexibility index (Phi) is 5.43. The molecule has 0 aliphatic heterocycles. The molecule has 10 heteroatoms. The van der Waals surface area contributed by atoms with E-state index in [1.165, 1.54) is 23.7 Å². The topological polar surface area (TPSA) is 86.2 Å². The number of hydrogen-bond donors (Lipinski definition) is 1. The summed E-state index contributed by atoms with van der Waals surface area (Å²) in [6, 6.07) is 13.0. The first-order chi connectivity index (χ1) is 14.8. The van der Waals surface area contributed by atoms with Crippen molar-refractivity contribution >= 4 is 34.9 Å². The van der Waals surface area contributed by atoms with Gasteiger partial charge in [-0.15, -0.1) is 0 Å². The van der Waals surface area contributed by atoms with E-state index in [1.54, 1.807) is 54.2 Å². The normalized spacial score (nSPS) is 11.5. The molecule has 0 saturated heterocycles. The fraction of sp³-hybridized carbons (Fsp3) is 0.143. The number of halogens is 2. The number of nitrogens with zero attached hydrogens (tertiary/aromatic N) is 5. The Labute approximate surface area is 180 Å². The number of fused-ring (bicyclic) bond motifs is 1. The SMILES string of the molecule is Cn1c(=O)c2c(nc(NN=Cc3ccc(Cl)cc3)n2Cc2ccc(F)cc2)n(C)c1=O. The van der Waals surface area contributed by atoms with Gasteiger partial charge >= 0.3 is 5.69 Å². The molecule has 0 amide bonds. The van der Waals surface area contributed by atoms with Crippen LogP contribution in [0.5, 0.6) is 0 Å². The maximum Gasteiger partial charge on any atom is 0.332 e. The van der Waals surface area contributed by atoms with Crippen molar-refractivity contribution in [2.45, 2.75) is 6.54 Å². The smallest absolute Gasteiger partial charge is 0.298 e. The van der Waals surface area contributed by atoms with Gasteiger partial charge in [0, 0.05) is 19.1 Å². The lowest BCUT2D eigenvalue weighted by Gasteiger charge is -2.09. The van der Waals surface area contributed by atoms with Crippen LogP contribution >= 0.6 is 11.6 Å². The quantitative estimate of drug-likeness (QED) is 0.382. The van der Waals surface area contributed by atoms with E-state index in [2.05, 4.69) is 15.5 Å². The van der Waals surface area contributed by atoms with E-state index in [0.717, 1.165) is 15.7 Å². The Balaban J connectivity index is 1.80. The largest absolute Gasteiger partial charge is 0.332 e. The van der Waals surface area contributed by atoms with Crippen molar-refractivity contribution in [1.82, 2.24) is 18.7 Å². The summed E-state index contributed by atoms with van der Waals surface area (Å²) >= 11 is 5.89. The summed E-state index contributed by atoms with van der Waals surface area (Å²) < 4.78 is 17.2. The molecule has 2 heterocycles. The first-order valence-corrected chi connectivity index (χ1v) is 9.68. The van der Waals surface area contributed by atoms with Crippen molar-refractivity contribution in [3.63, 3.8) is 0 Å². The zero-order valence-electron chi connectivity index (χ0n) is 16.7. The second-order valence-corrected chi connectivity index (χ2v) is 7.38. The van der Waals surface area contributed by atoms with Crippen LogP contribution in [0, 0.1) is 5.82 Å². The van der Waals surface area contributed by atoms with E-state index in [9.17, 15) is 14.0 Å². The third kappa shape index (κ3) is 3.99. The van der Waals surface area contributed by atoms with Crippen LogP contribution in [-0.4, -0.2) is 24.9 Å². The van der Waals surface area contributed by atoms with Crippen LogP contribution in [-0.2, 0) is 20.6 Å². The van der Waals surface area contributed by atoms with Crippen LogP contribution < -0.4 is 16.7 Å². The molecule has 31 heavy (non-hydrogen) atoms. The van der Waals surface area contributed by atoms with Gasteiger partial charge in [-0.25, -0.2) is 14.6 Å². The molecule has 0 aliphatic rings. The molecule has 0 saturated carbocycles. The van der Waals surface area contributed by atoms with E-state index in [4.69, 9.17) is 11.6 Å². The summed E-state index contributed by atoms with van der Waals surface area (Å²) in [6.45, 7) is 0.225. The van der Waals surface area contributed by atoms with Crippen LogP contribution in [0.2, 0.25) is 5.02 Å². The molecule has 4 rings (SSSR count). The first-order valence-electron chi connectivity index (χ1n) is 9.30. The molecule has 158 valence electrons. The number of rotatable bonds is 5. The summed E-state index contributed by atoms with van der Waals surface area (Å²) in [5.74, 6) is -0.0914. The summed E-state index contributed by atoms with van der Waals surface area (Å²) in [5.41, 5.74) is 3.89. The van der Waals surface area contributed by atoms with Gasteiger partial charge in [0.1, 0.15) is 5.82 Å². The fourth-order valence-electron chi connectivity index (χ4n) is 3.17. The molecule has 4 aromatic rings. The standard InChI is InChI=1S/C21H18ClFN6O2/c1-27-18-17(19(30)28(2)21(27)31)29(12-14-5-9-16(23)10-6-14)20(25-18)26-24-11-13-3-7-15(22)8-4-13/h3-11H,12H2,1-2H3,(H,25,26). The lowest BCUT2D eigenvalue weighted by molar-refractivity contribution is 0.626. The maximum atomic E-state index is 13.3. The molecule has 1 N–H and O–H groups in total. The Morgan fingerprint density at radius 1 is 1.06 bits per heavy atom. The number of aromatic nitrogens is 4. The summed E-state index contributed by atoms with van der Waals surface area (Å²) in [6.07, 6.45) is 1.58. The van der Waals surface area contributed by atoms with Crippen molar-refractivity contribution in [3.8, 4) is 0 Å². The van der Waals surface area contributed by atoms with Crippen LogP contribution in [0.3, 0.4) is 0 Å². The molecule has 0 bridgehead atoms. The predicted octanol–water partition coefficient (Wildman–Crippen LogP) is 2.72. The fourth-order valence-corrected chi connectivity index (χ4v) is 3.30. The molecule has 2 aromatic carbocycles. The van der Waals surface area contributed by atoms with Gasteiger partial charge in [-0.05, 0) is 35.4 Å². The summed E-state index contributed by atoms with van der Waals surface area (Å²) in [5, 5.41) is 4.81. The van der Waals surface area contributed by atoms with Crippen molar-refractivity contribution in [2.75, 3.05) is 5.43 Å².